The Balaban J connectivity index is 2.07. The second-order valence-corrected chi connectivity index (χ2v) is 6.22. The molecule has 0 spiro atoms. The maximum absolute atomic E-state index is 5.91. The number of hydrogen-bond donors (Lipinski definition) is 0. The molecule has 1 heterocycles. The zero-order valence-electron chi connectivity index (χ0n) is 8.63. The molecule has 2 atom stereocenters. The Hall–Kier alpha value is 0.465. The van der Waals surface area contributed by atoms with Crippen molar-refractivity contribution < 1.29 is 9.31 Å². The van der Waals surface area contributed by atoms with Crippen molar-refractivity contribution in [3.63, 3.8) is 0 Å². The molecule has 0 aromatic heterocycles. The zero-order chi connectivity index (χ0) is 9.85. The van der Waals surface area contributed by atoms with Gasteiger partial charge in [0.25, 0.3) is 0 Å². The lowest BCUT2D eigenvalue weighted by atomic mass is 9.82. The van der Waals surface area contributed by atoms with Crippen molar-refractivity contribution in [2.24, 2.45) is 0 Å². The van der Waals surface area contributed by atoms with Crippen molar-refractivity contribution in [2.75, 3.05) is 0 Å². The van der Waals surface area contributed by atoms with Gasteiger partial charge in [0.15, 0.2) is 0 Å². The summed E-state index contributed by atoms with van der Waals surface area (Å²) in [5.41, 5.74) is -0.347. The molecule has 74 valence electrons. The van der Waals surface area contributed by atoms with Gasteiger partial charge in [-0.2, -0.15) is 0 Å². The molecule has 1 saturated heterocycles. The molecule has 0 bridgehead atoms. The van der Waals surface area contributed by atoms with Crippen molar-refractivity contribution >= 4 is 23.0 Å². The third-order valence-electron chi connectivity index (χ3n) is 3.38. The summed E-state index contributed by atoms with van der Waals surface area (Å²) in [7, 11) is -0.00521. The molecule has 0 unspecified atom stereocenters. The number of halogens is 1. The van der Waals surface area contributed by atoms with Crippen molar-refractivity contribution in [2.45, 2.75) is 56.0 Å². The lowest BCUT2D eigenvalue weighted by Gasteiger charge is -2.32. The minimum Gasteiger partial charge on any atom is -0.403 e. The van der Waals surface area contributed by atoms with E-state index >= 15 is 0 Å². The van der Waals surface area contributed by atoms with Crippen LogP contribution in [-0.2, 0) is 9.31 Å². The van der Waals surface area contributed by atoms with E-state index in [-0.39, 0.29) is 18.3 Å². The fourth-order valence-corrected chi connectivity index (χ4v) is 2.21. The molecule has 0 amide bonds. The van der Waals surface area contributed by atoms with E-state index in [9.17, 15) is 0 Å². The van der Waals surface area contributed by atoms with Crippen LogP contribution in [0.2, 0.25) is 5.82 Å². The van der Waals surface area contributed by atoms with Gasteiger partial charge in [0.1, 0.15) is 0 Å². The minimum absolute atomic E-state index is 0.00521. The third kappa shape index (κ3) is 1.57. The molecule has 1 aliphatic heterocycles. The van der Waals surface area contributed by atoms with Crippen molar-refractivity contribution in [1.29, 1.82) is 0 Å². The fraction of sp³-hybridized carbons (Fsp3) is 1.00. The standard InChI is InChI=1S/C9H16BBrO2/c1-8(2)9(3,4)13-10(12-8)6-5-7(6)11/h6-7H,5H2,1-4H3/t6-,7+/m1/s1. The molecule has 2 fully saturated rings. The van der Waals surface area contributed by atoms with Crippen LogP contribution in [0, 0.1) is 0 Å². The van der Waals surface area contributed by atoms with E-state index in [4.69, 9.17) is 9.31 Å². The van der Waals surface area contributed by atoms with E-state index < -0.39 is 0 Å². The Kier molecular flexibility index (Phi) is 2.11. The normalized spacial score (nSPS) is 40.8. The predicted molar refractivity (Wildman–Crippen MR) is 57.2 cm³/mol. The minimum atomic E-state index is -0.174. The Morgan fingerprint density at radius 3 is 1.85 bits per heavy atom. The van der Waals surface area contributed by atoms with Crippen LogP contribution in [0.5, 0.6) is 0 Å². The summed E-state index contributed by atoms with van der Waals surface area (Å²) in [5, 5.41) is 0. The van der Waals surface area contributed by atoms with Crippen LogP contribution in [0.15, 0.2) is 0 Å². The molecule has 0 aromatic rings. The van der Waals surface area contributed by atoms with Crippen LogP contribution in [0.4, 0.5) is 0 Å². The average molecular weight is 247 g/mol. The quantitative estimate of drug-likeness (QED) is 0.523. The lowest BCUT2D eigenvalue weighted by Crippen LogP contribution is -2.41. The monoisotopic (exact) mass is 246 g/mol. The van der Waals surface area contributed by atoms with Gasteiger partial charge in [-0.15, -0.1) is 0 Å². The summed E-state index contributed by atoms with van der Waals surface area (Å²) in [5.74, 6) is 0.557. The highest BCUT2D eigenvalue weighted by Crippen LogP contribution is 2.52. The molecule has 0 radical (unpaired) electrons. The molecule has 2 rings (SSSR count). The molecule has 13 heavy (non-hydrogen) atoms. The number of hydrogen-bond acceptors (Lipinski definition) is 2. The highest BCUT2D eigenvalue weighted by molar-refractivity contribution is 9.09. The van der Waals surface area contributed by atoms with Crippen LogP contribution in [-0.4, -0.2) is 23.1 Å². The van der Waals surface area contributed by atoms with Gasteiger partial charge >= 0.3 is 7.12 Å². The summed E-state index contributed by atoms with van der Waals surface area (Å²) >= 11 is 3.57. The van der Waals surface area contributed by atoms with Gasteiger partial charge in [0.05, 0.1) is 11.2 Å². The van der Waals surface area contributed by atoms with E-state index in [1.54, 1.807) is 0 Å². The highest BCUT2D eigenvalue weighted by atomic mass is 79.9. The molecular weight excluding hydrogens is 231 g/mol. The second-order valence-electron chi connectivity index (χ2n) is 5.04. The average Bonchev–Trinajstić information content (AvgIpc) is 2.58. The second kappa shape index (κ2) is 2.74. The predicted octanol–water partition coefficient (Wildman–Crippen LogP) is 2.62. The van der Waals surface area contributed by atoms with Gasteiger partial charge in [-0.25, -0.2) is 0 Å². The molecule has 0 aromatic carbocycles. The van der Waals surface area contributed by atoms with E-state index in [2.05, 4.69) is 43.6 Å². The van der Waals surface area contributed by atoms with E-state index in [0.717, 1.165) is 0 Å². The van der Waals surface area contributed by atoms with Crippen molar-refractivity contribution in [1.82, 2.24) is 0 Å². The lowest BCUT2D eigenvalue weighted by molar-refractivity contribution is 0.00578. The number of rotatable bonds is 1. The SMILES string of the molecule is CC1(C)OB([C@@H]2C[C@@H]2Br)OC1(C)C. The Bertz CT molecular complexity index is 214. The Morgan fingerprint density at radius 1 is 1.15 bits per heavy atom. The smallest absolute Gasteiger partial charge is 0.403 e. The Labute approximate surface area is 88.6 Å². The topological polar surface area (TPSA) is 18.5 Å². The van der Waals surface area contributed by atoms with Crippen LogP contribution < -0.4 is 0 Å². The highest BCUT2D eigenvalue weighted by Gasteiger charge is 2.59. The van der Waals surface area contributed by atoms with Crippen LogP contribution in [0.25, 0.3) is 0 Å². The van der Waals surface area contributed by atoms with Gasteiger partial charge in [0, 0.05) is 10.6 Å². The molecule has 1 aliphatic carbocycles. The third-order valence-corrected chi connectivity index (χ3v) is 4.43. The number of alkyl halides is 1. The van der Waals surface area contributed by atoms with E-state index in [0.29, 0.717) is 10.6 Å². The first-order valence-corrected chi connectivity index (χ1v) is 5.75. The maximum atomic E-state index is 5.91. The summed E-state index contributed by atoms with van der Waals surface area (Å²) < 4.78 is 11.8. The molecule has 0 N–H and O–H groups in total. The first-order valence-electron chi connectivity index (χ1n) is 4.83. The maximum Gasteiger partial charge on any atom is 0.462 e. The first kappa shape index (κ1) is 10.00. The summed E-state index contributed by atoms with van der Waals surface area (Å²) in [6.07, 6.45) is 1.18. The Morgan fingerprint density at radius 2 is 1.54 bits per heavy atom. The molecular formula is C9H16BBrO2. The van der Waals surface area contributed by atoms with Gasteiger partial charge in [-0.1, -0.05) is 15.9 Å². The molecule has 2 nitrogen and oxygen atoms in total. The molecule has 4 heteroatoms. The molecule has 1 saturated carbocycles. The van der Waals surface area contributed by atoms with Crippen molar-refractivity contribution in [3.8, 4) is 0 Å². The van der Waals surface area contributed by atoms with Gasteiger partial charge in [-0.3, -0.25) is 0 Å². The largest absolute Gasteiger partial charge is 0.462 e. The summed E-state index contributed by atoms with van der Waals surface area (Å²) in [4.78, 5) is 0.599. The van der Waals surface area contributed by atoms with E-state index in [1.165, 1.54) is 6.42 Å². The van der Waals surface area contributed by atoms with Gasteiger partial charge < -0.3 is 9.31 Å². The summed E-state index contributed by atoms with van der Waals surface area (Å²) in [6, 6.07) is 0. The first-order chi connectivity index (χ1) is 5.83. The summed E-state index contributed by atoms with van der Waals surface area (Å²) in [6.45, 7) is 8.38. The van der Waals surface area contributed by atoms with Crippen LogP contribution in [0.3, 0.4) is 0 Å². The zero-order valence-corrected chi connectivity index (χ0v) is 10.2. The van der Waals surface area contributed by atoms with Gasteiger partial charge in [-0.05, 0) is 34.1 Å². The van der Waals surface area contributed by atoms with E-state index in [1.807, 2.05) is 0 Å². The van der Waals surface area contributed by atoms with Crippen LogP contribution >= 0.6 is 15.9 Å². The van der Waals surface area contributed by atoms with Crippen LogP contribution in [0.1, 0.15) is 34.1 Å². The molecule has 2 aliphatic rings. The van der Waals surface area contributed by atoms with Crippen molar-refractivity contribution in [3.05, 3.63) is 0 Å². The fourth-order valence-electron chi connectivity index (χ4n) is 1.53. The van der Waals surface area contributed by atoms with Gasteiger partial charge in [0.2, 0.25) is 0 Å².